The Kier molecular flexibility index (Phi) is 7.21. The number of hydrazone groups is 1. The second-order valence-corrected chi connectivity index (χ2v) is 8.11. The first-order valence-corrected chi connectivity index (χ1v) is 11.7. The lowest BCUT2D eigenvalue weighted by atomic mass is 10.2. The van der Waals surface area contributed by atoms with Crippen molar-refractivity contribution in [1.82, 2.24) is 15.0 Å². The molecule has 0 unspecified atom stereocenters. The minimum atomic E-state index is -0.616. The summed E-state index contributed by atoms with van der Waals surface area (Å²) in [4.78, 5) is 27.9. The van der Waals surface area contributed by atoms with E-state index in [-0.39, 0.29) is 11.5 Å². The van der Waals surface area contributed by atoms with Crippen LogP contribution in [0.4, 0.5) is 23.5 Å². The molecule has 4 aromatic rings. The summed E-state index contributed by atoms with van der Waals surface area (Å²) >= 11 is 0. The fourth-order valence-electron chi connectivity index (χ4n) is 3.74. The number of nitrogens with one attached hydrogen (secondary N) is 2. The number of rotatable bonds is 9. The molecule has 2 aromatic carbocycles. The maximum Gasteiger partial charge on any atom is 0.379 e. The number of carbonyl (C=O) groups excluding carboxylic acids is 1. The summed E-state index contributed by atoms with van der Waals surface area (Å²) in [7, 11) is 1.49. The standard InChI is InChI=1S/C26H25N7O4/c1-35-22-16-18(11-12-20(22)37-23(34)21-10-7-15-36-21)17-27-32-25-29-24(28-19-8-3-2-4-9-19)30-26(31-25)33-13-5-6-14-33/h2-4,7-12,15-17H,5-6,13-14H2,1H3,(H2,28,29,30,31,32)/b27-17-. The van der Waals surface area contributed by atoms with Crippen molar-refractivity contribution in [2.24, 2.45) is 5.10 Å². The van der Waals surface area contributed by atoms with Crippen LogP contribution >= 0.6 is 0 Å². The van der Waals surface area contributed by atoms with Crippen LogP contribution in [-0.2, 0) is 0 Å². The fraction of sp³-hybridized carbons (Fsp3) is 0.192. The molecular formula is C26H25N7O4. The van der Waals surface area contributed by atoms with Gasteiger partial charge in [0.25, 0.3) is 0 Å². The summed E-state index contributed by atoms with van der Waals surface area (Å²) in [5, 5.41) is 7.50. The first-order chi connectivity index (χ1) is 18.2. The summed E-state index contributed by atoms with van der Waals surface area (Å²) in [6.07, 6.45) is 5.19. The highest BCUT2D eigenvalue weighted by Crippen LogP contribution is 2.28. The van der Waals surface area contributed by atoms with E-state index >= 15 is 0 Å². The van der Waals surface area contributed by atoms with E-state index in [2.05, 4.69) is 35.7 Å². The largest absolute Gasteiger partial charge is 0.493 e. The summed E-state index contributed by atoms with van der Waals surface area (Å²) in [6.45, 7) is 1.79. The molecule has 0 bridgehead atoms. The maximum atomic E-state index is 12.2. The first-order valence-electron chi connectivity index (χ1n) is 11.7. The molecule has 5 rings (SSSR count). The Bertz CT molecular complexity index is 1370. The molecule has 1 fully saturated rings. The molecule has 0 atom stereocenters. The Morgan fingerprint density at radius 3 is 2.57 bits per heavy atom. The SMILES string of the molecule is COc1cc(/C=N\Nc2nc(Nc3ccccc3)nc(N3CCCC3)n2)ccc1OC(=O)c1ccco1. The van der Waals surface area contributed by atoms with Crippen molar-refractivity contribution >= 4 is 35.7 Å². The number of nitrogens with zero attached hydrogens (tertiary/aromatic N) is 5. The molecule has 0 spiro atoms. The molecule has 1 aliphatic rings. The van der Waals surface area contributed by atoms with Crippen LogP contribution < -0.4 is 25.1 Å². The predicted octanol–water partition coefficient (Wildman–Crippen LogP) is 4.48. The minimum absolute atomic E-state index is 0.101. The van der Waals surface area contributed by atoms with E-state index in [4.69, 9.17) is 13.9 Å². The number of carbonyl (C=O) groups is 1. The third-order valence-electron chi connectivity index (χ3n) is 5.53. The summed E-state index contributed by atoms with van der Waals surface area (Å²) in [5.74, 6) is 1.44. The summed E-state index contributed by atoms with van der Waals surface area (Å²) in [6, 6.07) is 17.9. The number of esters is 1. The Balaban J connectivity index is 1.31. The van der Waals surface area contributed by atoms with E-state index in [1.54, 1.807) is 30.5 Å². The van der Waals surface area contributed by atoms with Crippen molar-refractivity contribution in [2.45, 2.75) is 12.8 Å². The van der Waals surface area contributed by atoms with Gasteiger partial charge in [0, 0.05) is 18.8 Å². The van der Waals surface area contributed by atoms with Gasteiger partial charge in [0.1, 0.15) is 0 Å². The minimum Gasteiger partial charge on any atom is -0.493 e. The topological polar surface area (TPSA) is 127 Å². The third kappa shape index (κ3) is 6.01. The number of furan rings is 1. The molecule has 0 amide bonds. The lowest BCUT2D eigenvalue weighted by molar-refractivity contribution is 0.0696. The predicted molar refractivity (Wildman–Crippen MR) is 139 cm³/mol. The number of methoxy groups -OCH3 is 1. The lowest BCUT2D eigenvalue weighted by Crippen LogP contribution is -2.21. The van der Waals surface area contributed by atoms with Crippen LogP contribution in [-0.4, -0.2) is 47.3 Å². The number of benzene rings is 2. The van der Waals surface area contributed by atoms with Crippen LogP contribution in [0.5, 0.6) is 11.5 Å². The van der Waals surface area contributed by atoms with Gasteiger partial charge in [-0.2, -0.15) is 20.1 Å². The molecule has 0 aliphatic carbocycles. The highest BCUT2D eigenvalue weighted by molar-refractivity contribution is 5.89. The molecule has 37 heavy (non-hydrogen) atoms. The van der Waals surface area contributed by atoms with Gasteiger partial charge in [0.15, 0.2) is 11.5 Å². The van der Waals surface area contributed by atoms with Crippen molar-refractivity contribution in [2.75, 3.05) is 35.8 Å². The number of hydrogen-bond donors (Lipinski definition) is 2. The quantitative estimate of drug-likeness (QED) is 0.147. The molecule has 0 radical (unpaired) electrons. The maximum absolute atomic E-state index is 12.2. The monoisotopic (exact) mass is 499 g/mol. The van der Waals surface area contributed by atoms with Crippen LogP contribution in [0.2, 0.25) is 0 Å². The van der Waals surface area contributed by atoms with E-state index in [9.17, 15) is 4.79 Å². The van der Waals surface area contributed by atoms with Gasteiger partial charge in [-0.3, -0.25) is 0 Å². The average Bonchev–Trinajstić information content (AvgIpc) is 3.65. The van der Waals surface area contributed by atoms with Gasteiger partial charge < -0.3 is 24.1 Å². The zero-order valence-corrected chi connectivity index (χ0v) is 20.1. The van der Waals surface area contributed by atoms with E-state index < -0.39 is 5.97 Å². The molecule has 11 nitrogen and oxygen atoms in total. The van der Waals surface area contributed by atoms with Crippen LogP contribution in [0, 0.1) is 0 Å². The Labute approximate surface area is 213 Å². The zero-order chi connectivity index (χ0) is 25.5. The highest BCUT2D eigenvalue weighted by atomic mass is 16.6. The summed E-state index contributed by atoms with van der Waals surface area (Å²) in [5.41, 5.74) is 4.47. The van der Waals surface area contributed by atoms with Crippen molar-refractivity contribution in [1.29, 1.82) is 0 Å². The average molecular weight is 500 g/mol. The fourth-order valence-corrected chi connectivity index (χ4v) is 3.74. The van der Waals surface area contributed by atoms with Crippen molar-refractivity contribution in [3.63, 3.8) is 0 Å². The van der Waals surface area contributed by atoms with Gasteiger partial charge in [-0.25, -0.2) is 10.2 Å². The van der Waals surface area contributed by atoms with Crippen molar-refractivity contribution < 1.29 is 18.7 Å². The number of aromatic nitrogens is 3. The summed E-state index contributed by atoms with van der Waals surface area (Å²) < 4.78 is 15.8. The van der Waals surface area contributed by atoms with E-state index in [1.165, 1.54) is 19.4 Å². The lowest BCUT2D eigenvalue weighted by Gasteiger charge is -2.16. The molecule has 188 valence electrons. The van der Waals surface area contributed by atoms with Gasteiger partial charge in [0.05, 0.1) is 19.6 Å². The Hall–Kier alpha value is -4.93. The Morgan fingerprint density at radius 2 is 1.81 bits per heavy atom. The molecule has 3 heterocycles. The van der Waals surface area contributed by atoms with Gasteiger partial charge in [-0.15, -0.1) is 0 Å². The van der Waals surface area contributed by atoms with Crippen molar-refractivity contribution in [3.8, 4) is 11.5 Å². The van der Waals surface area contributed by atoms with Gasteiger partial charge in [-0.1, -0.05) is 18.2 Å². The zero-order valence-electron chi connectivity index (χ0n) is 20.1. The third-order valence-corrected chi connectivity index (χ3v) is 5.53. The molecular weight excluding hydrogens is 474 g/mol. The molecule has 1 aliphatic heterocycles. The number of ether oxygens (including phenoxy) is 2. The molecule has 0 saturated carbocycles. The second-order valence-electron chi connectivity index (χ2n) is 8.11. The normalized spacial score (nSPS) is 13.1. The molecule has 2 aromatic heterocycles. The smallest absolute Gasteiger partial charge is 0.379 e. The van der Waals surface area contributed by atoms with Crippen LogP contribution in [0.3, 0.4) is 0 Å². The second kappa shape index (κ2) is 11.2. The van der Waals surface area contributed by atoms with E-state index in [0.717, 1.165) is 31.6 Å². The highest BCUT2D eigenvalue weighted by Gasteiger charge is 2.18. The van der Waals surface area contributed by atoms with Crippen LogP contribution in [0.25, 0.3) is 0 Å². The number of para-hydroxylation sites is 1. The van der Waals surface area contributed by atoms with Crippen LogP contribution in [0.1, 0.15) is 29.0 Å². The number of anilines is 4. The van der Waals surface area contributed by atoms with Crippen LogP contribution in [0.15, 0.2) is 76.4 Å². The van der Waals surface area contributed by atoms with Crippen molar-refractivity contribution in [3.05, 3.63) is 78.3 Å². The van der Waals surface area contributed by atoms with Gasteiger partial charge >= 0.3 is 5.97 Å². The Morgan fingerprint density at radius 1 is 1.00 bits per heavy atom. The molecule has 2 N–H and O–H groups in total. The number of hydrogen-bond acceptors (Lipinski definition) is 11. The molecule has 11 heteroatoms. The first kappa shape index (κ1) is 23.8. The van der Waals surface area contributed by atoms with E-state index in [1.807, 2.05) is 30.3 Å². The van der Waals surface area contributed by atoms with E-state index in [0.29, 0.717) is 29.2 Å². The van der Waals surface area contributed by atoms with Gasteiger partial charge in [-0.05, 0) is 60.9 Å². The van der Waals surface area contributed by atoms with Gasteiger partial charge in [0.2, 0.25) is 23.6 Å². The molecule has 1 saturated heterocycles.